The Bertz CT molecular complexity index is 921. The third kappa shape index (κ3) is 5.34. The molecule has 0 atom stereocenters. The summed E-state index contributed by atoms with van der Waals surface area (Å²) in [6.07, 6.45) is 2.79. The number of hydrogen-bond donors (Lipinski definition) is 2. The lowest BCUT2D eigenvalue weighted by Gasteiger charge is -2.07. The predicted molar refractivity (Wildman–Crippen MR) is 102 cm³/mol. The van der Waals surface area contributed by atoms with Gasteiger partial charge in [-0.25, -0.2) is 4.79 Å². The first-order valence-electron chi connectivity index (χ1n) is 8.41. The Morgan fingerprint density at radius 1 is 1.00 bits per heavy atom. The van der Waals surface area contributed by atoms with Crippen LogP contribution in [0.15, 0.2) is 48.5 Å². The second kappa shape index (κ2) is 8.72. The zero-order chi connectivity index (χ0) is 19.9. The van der Waals surface area contributed by atoms with E-state index < -0.39 is 18.5 Å². The lowest BCUT2D eigenvalue weighted by molar-refractivity contribution is -0.142. The molecule has 1 heterocycles. The monoisotopic (exact) mass is 382 g/mol. The van der Waals surface area contributed by atoms with Crippen LogP contribution in [0.3, 0.4) is 0 Å². The van der Waals surface area contributed by atoms with Gasteiger partial charge in [0.1, 0.15) is 0 Å². The highest BCUT2D eigenvalue weighted by Crippen LogP contribution is 2.32. The first-order chi connectivity index (χ1) is 13.5. The summed E-state index contributed by atoms with van der Waals surface area (Å²) in [4.78, 5) is 34.6. The third-order valence-electron chi connectivity index (χ3n) is 3.64. The molecular formula is C20H18N2O6. The average molecular weight is 382 g/mol. The molecular weight excluding hydrogens is 364 g/mol. The van der Waals surface area contributed by atoms with Crippen molar-refractivity contribution in [2.24, 2.45) is 0 Å². The highest BCUT2D eigenvalue weighted by atomic mass is 16.7. The topological polar surface area (TPSA) is 103 Å². The standard InChI is InChI=1S/C20H18N2O6/c1-13(23)21-15-4-6-16(7-5-15)22-19(24)11-26-20(25)9-3-14-2-8-17-18(10-14)28-12-27-17/h2-10H,11-12H2,1H3,(H,21,23)(H,22,24)/b9-3+. The Balaban J connectivity index is 1.45. The number of rotatable bonds is 6. The third-order valence-corrected chi connectivity index (χ3v) is 3.64. The van der Waals surface area contributed by atoms with Gasteiger partial charge in [0, 0.05) is 24.4 Å². The second-order valence-electron chi connectivity index (χ2n) is 5.86. The molecule has 1 aliphatic rings. The number of carbonyl (C=O) groups is 3. The van der Waals surface area contributed by atoms with Gasteiger partial charge in [0.25, 0.3) is 5.91 Å². The molecule has 2 aromatic rings. The highest BCUT2D eigenvalue weighted by molar-refractivity contribution is 5.95. The molecule has 28 heavy (non-hydrogen) atoms. The molecule has 2 amide bonds. The van der Waals surface area contributed by atoms with Gasteiger partial charge in [-0.2, -0.15) is 0 Å². The number of anilines is 2. The lowest BCUT2D eigenvalue weighted by Crippen LogP contribution is -2.20. The van der Waals surface area contributed by atoms with Crippen LogP contribution in [0.4, 0.5) is 11.4 Å². The Morgan fingerprint density at radius 3 is 2.39 bits per heavy atom. The fourth-order valence-corrected chi connectivity index (χ4v) is 2.40. The van der Waals surface area contributed by atoms with Crippen LogP contribution in [-0.4, -0.2) is 31.2 Å². The van der Waals surface area contributed by atoms with E-state index in [2.05, 4.69) is 10.6 Å². The molecule has 8 nitrogen and oxygen atoms in total. The molecule has 0 spiro atoms. The number of hydrogen-bond acceptors (Lipinski definition) is 6. The number of benzene rings is 2. The van der Waals surface area contributed by atoms with Crippen LogP contribution in [0.1, 0.15) is 12.5 Å². The zero-order valence-corrected chi connectivity index (χ0v) is 15.1. The van der Waals surface area contributed by atoms with E-state index in [0.717, 1.165) is 5.56 Å². The van der Waals surface area contributed by atoms with Crippen LogP contribution < -0.4 is 20.1 Å². The van der Waals surface area contributed by atoms with Crippen molar-refractivity contribution in [2.75, 3.05) is 24.0 Å². The Kier molecular flexibility index (Phi) is 5.91. The molecule has 2 aromatic carbocycles. The number of amides is 2. The molecule has 8 heteroatoms. The summed E-state index contributed by atoms with van der Waals surface area (Å²) < 4.78 is 15.4. The maximum absolute atomic E-state index is 11.9. The minimum atomic E-state index is -0.645. The van der Waals surface area contributed by atoms with E-state index in [-0.39, 0.29) is 12.7 Å². The minimum Gasteiger partial charge on any atom is -0.454 e. The molecule has 144 valence electrons. The molecule has 2 N–H and O–H groups in total. The zero-order valence-electron chi connectivity index (χ0n) is 15.1. The Labute approximate surface area is 161 Å². The summed E-state index contributed by atoms with van der Waals surface area (Å²) >= 11 is 0. The maximum atomic E-state index is 11.9. The van der Waals surface area contributed by atoms with E-state index >= 15 is 0 Å². The van der Waals surface area contributed by atoms with Crippen LogP contribution >= 0.6 is 0 Å². The van der Waals surface area contributed by atoms with Crippen LogP contribution in [0.25, 0.3) is 6.08 Å². The van der Waals surface area contributed by atoms with E-state index in [1.165, 1.54) is 13.0 Å². The second-order valence-corrected chi connectivity index (χ2v) is 5.86. The SMILES string of the molecule is CC(=O)Nc1ccc(NC(=O)COC(=O)/C=C/c2ccc3c(c2)OCO3)cc1. The molecule has 0 saturated heterocycles. The van der Waals surface area contributed by atoms with E-state index in [9.17, 15) is 14.4 Å². The molecule has 0 radical (unpaired) electrons. The predicted octanol–water partition coefficient (Wildman–Crippen LogP) is 2.57. The molecule has 1 aliphatic heterocycles. The van der Waals surface area contributed by atoms with Crippen LogP contribution in [0, 0.1) is 0 Å². The Morgan fingerprint density at radius 2 is 1.68 bits per heavy atom. The minimum absolute atomic E-state index is 0.176. The van der Waals surface area contributed by atoms with Gasteiger partial charge in [-0.3, -0.25) is 9.59 Å². The van der Waals surface area contributed by atoms with Gasteiger partial charge < -0.3 is 24.8 Å². The average Bonchev–Trinajstić information content (AvgIpc) is 3.13. The van der Waals surface area contributed by atoms with Gasteiger partial charge in [0.05, 0.1) is 0 Å². The van der Waals surface area contributed by atoms with E-state index in [4.69, 9.17) is 14.2 Å². The summed E-state index contributed by atoms with van der Waals surface area (Å²) in [6, 6.07) is 11.8. The largest absolute Gasteiger partial charge is 0.454 e. The molecule has 0 aromatic heterocycles. The van der Waals surface area contributed by atoms with Gasteiger partial charge in [-0.15, -0.1) is 0 Å². The number of ether oxygens (including phenoxy) is 3. The van der Waals surface area contributed by atoms with Gasteiger partial charge >= 0.3 is 5.97 Å². The molecule has 0 aliphatic carbocycles. The smallest absolute Gasteiger partial charge is 0.331 e. The molecule has 0 fully saturated rings. The number of carbonyl (C=O) groups excluding carboxylic acids is 3. The van der Waals surface area contributed by atoms with Crippen molar-refractivity contribution in [1.82, 2.24) is 0 Å². The van der Waals surface area contributed by atoms with Gasteiger partial charge in [-0.1, -0.05) is 6.07 Å². The first kappa shape index (κ1) is 19.0. The first-order valence-corrected chi connectivity index (χ1v) is 8.41. The van der Waals surface area contributed by atoms with Crippen molar-refractivity contribution in [3.05, 3.63) is 54.1 Å². The van der Waals surface area contributed by atoms with Gasteiger partial charge in [0.2, 0.25) is 12.7 Å². The van der Waals surface area contributed by atoms with Crippen molar-refractivity contribution < 1.29 is 28.6 Å². The number of nitrogens with one attached hydrogen (secondary N) is 2. The molecule has 0 unspecified atom stereocenters. The van der Waals surface area contributed by atoms with E-state index in [1.807, 2.05) is 0 Å². The number of fused-ring (bicyclic) bond motifs is 1. The van der Waals surface area contributed by atoms with Gasteiger partial charge in [0.15, 0.2) is 18.1 Å². The van der Waals surface area contributed by atoms with E-state index in [0.29, 0.717) is 22.9 Å². The summed E-state index contributed by atoms with van der Waals surface area (Å²) in [5.41, 5.74) is 1.88. The maximum Gasteiger partial charge on any atom is 0.331 e. The Hall–Kier alpha value is -3.81. The van der Waals surface area contributed by atoms with Crippen molar-refractivity contribution >= 4 is 35.2 Å². The molecule has 0 saturated carbocycles. The van der Waals surface area contributed by atoms with Crippen molar-refractivity contribution in [3.63, 3.8) is 0 Å². The van der Waals surface area contributed by atoms with E-state index in [1.54, 1.807) is 48.5 Å². The summed E-state index contributed by atoms with van der Waals surface area (Å²) in [5.74, 6) is -0.0376. The van der Waals surface area contributed by atoms with Crippen molar-refractivity contribution in [3.8, 4) is 11.5 Å². The highest BCUT2D eigenvalue weighted by Gasteiger charge is 2.12. The van der Waals surface area contributed by atoms with Crippen LogP contribution in [0.2, 0.25) is 0 Å². The summed E-state index contributed by atoms with van der Waals surface area (Å²) in [6.45, 7) is 1.17. The van der Waals surface area contributed by atoms with Gasteiger partial charge in [-0.05, 0) is 48.0 Å². The van der Waals surface area contributed by atoms with Crippen LogP contribution in [-0.2, 0) is 19.1 Å². The number of esters is 1. The lowest BCUT2D eigenvalue weighted by atomic mass is 10.2. The summed E-state index contributed by atoms with van der Waals surface area (Å²) in [5, 5.41) is 5.22. The van der Waals surface area contributed by atoms with Crippen molar-refractivity contribution in [1.29, 1.82) is 0 Å². The molecule has 3 rings (SSSR count). The molecule has 0 bridgehead atoms. The normalized spacial score (nSPS) is 11.9. The summed E-state index contributed by atoms with van der Waals surface area (Å²) in [7, 11) is 0. The van der Waals surface area contributed by atoms with Crippen molar-refractivity contribution in [2.45, 2.75) is 6.92 Å². The van der Waals surface area contributed by atoms with Crippen LogP contribution in [0.5, 0.6) is 11.5 Å². The fraction of sp³-hybridized carbons (Fsp3) is 0.150. The fourth-order valence-electron chi connectivity index (χ4n) is 2.40. The quantitative estimate of drug-likeness (QED) is 0.588.